The fourth-order valence-electron chi connectivity index (χ4n) is 1.06. The molecule has 0 aliphatic rings. The van der Waals surface area contributed by atoms with E-state index in [4.69, 9.17) is 9.26 Å². The van der Waals surface area contributed by atoms with E-state index in [1.54, 1.807) is 6.92 Å². The van der Waals surface area contributed by atoms with Gasteiger partial charge >= 0.3 is 5.97 Å². The fourth-order valence-corrected chi connectivity index (χ4v) is 1.06. The molecular weight excluding hydrogens is 208 g/mol. The lowest BCUT2D eigenvalue weighted by molar-refractivity contribution is 0.0508. The normalized spacial score (nSPS) is 13.6. The lowest BCUT2D eigenvalue weighted by atomic mass is 9.82. The molecule has 0 spiro atoms. The van der Waals surface area contributed by atoms with Gasteiger partial charge < -0.3 is 9.26 Å². The third-order valence-electron chi connectivity index (χ3n) is 2.57. The molecule has 90 valence electrons. The topological polar surface area (TPSA) is 65.2 Å². The Kier molecular flexibility index (Phi) is 3.67. The van der Waals surface area contributed by atoms with E-state index in [0.29, 0.717) is 12.5 Å². The Morgan fingerprint density at radius 1 is 1.50 bits per heavy atom. The summed E-state index contributed by atoms with van der Waals surface area (Å²) in [5, 5.41) is 3.61. The van der Waals surface area contributed by atoms with Crippen LogP contribution in [0.2, 0.25) is 0 Å². The van der Waals surface area contributed by atoms with Crippen molar-refractivity contribution in [2.24, 2.45) is 5.41 Å². The lowest BCUT2D eigenvalue weighted by Gasteiger charge is -2.23. The van der Waals surface area contributed by atoms with Crippen LogP contribution in [0.1, 0.15) is 57.0 Å². The average Bonchev–Trinajstić information content (AvgIpc) is 2.64. The highest BCUT2D eigenvalue weighted by Gasteiger charge is 2.28. The van der Waals surface area contributed by atoms with Crippen LogP contribution in [0, 0.1) is 5.41 Å². The second kappa shape index (κ2) is 4.63. The van der Waals surface area contributed by atoms with E-state index in [9.17, 15) is 4.79 Å². The van der Waals surface area contributed by atoms with Crippen LogP contribution in [-0.2, 0) is 4.74 Å². The van der Waals surface area contributed by atoms with Crippen molar-refractivity contribution >= 4 is 5.97 Å². The number of esters is 1. The predicted molar refractivity (Wildman–Crippen MR) is 58.1 cm³/mol. The van der Waals surface area contributed by atoms with Crippen LogP contribution in [0.3, 0.4) is 0 Å². The maximum Gasteiger partial charge on any atom is 0.379 e. The minimum Gasteiger partial charge on any atom is -0.460 e. The molecule has 0 saturated heterocycles. The highest BCUT2D eigenvalue weighted by molar-refractivity contribution is 5.84. The summed E-state index contributed by atoms with van der Waals surface area (Å²) < 4.78 is 9.84. The molecule has 0 fully saturated rings. The first kappa shape index (κ1) is 12.7. The first-order valence-electron chi connectivity index (χ1n) is 5.37. The van der Waals surface area contributed by atoms with Gasteiger partial charge in [0.1, 0.15) is 0 Å². The SMILES string of the molecule is CCOC(=O)c1noc(C(C)C(C)(C)C)n1. The van der Waals surface area contributed by atoms with Crippen molar-refractivity contribution in [2.75, 3.05) is 6.61 Å². The standard InChI is InChI=1S/C11H18N2O3/c1-6-15-10(14)8-12-9(16-13-8)7(2)11(3,4)5/h7H,6H2,1-5H3. The van der Waals surface area contributed by atoms with E-state index in [0.717, 1.165) is 0 Å². The molecule has 1 atom stereocenters. The van der Waals surface area contributed by atoms with Gasteiger partial charge in [-0.2, -0.15) is 4.98 Å². The molecule has 0 bridgehead atoms. The van der Waals surface area contributed by atoms with Crippen LogP contribution in [0.15, 0.2) is 4.52 Å². The quantitative estimate of drug-likeness (QED) is 0.740. The molecule has 1 rings (SSSR count). The Hall–Kier alpha value is -1.39. The van der Waals surface area contributed by atoms with Gasteiger partial charge in [-0.3, -0.25) is 0 Å². The minimum atomic E-state index is -0.543. The van der Waals surface area contributed by atoms with E-state index in [1.807, 2.05) is 6.92 Å². The van der Waals surface area contributed by atoms with Crippen molar-refractivity contribution in [1.82, 2.24) is 10.1 Å². The molecule has 0 radical (unpaired) electrons. The Balaban J connectivity index is 2.83. The van der Waals surface area contributed by atoms with Gasteiger partial charge in [-0.05, 0) is 17.5 Å². The van der Waals surface area contributed by atoms with Crippen LogP contribution in [0.25, 0.3) is 0 Å². The molecule has 0 aliphatic carbocycles. The molecule has 16 heavy (non-hydrogen) atoms. The Labute approximate surface area is 95.2 Å². The number of hydrogen-bond donors (Lipinski definition) is 0. The number of ether oxygens (including phenoxy) is 1. The summed E-state index contributed by atoms with van der Waals surface area (Å²) in [7, 11) is 0. The maximum absolute atomic E-state index is 11.3. The maximum atomic E-state index is 11.3. The first-order valence-corrected chi connectivity index (χ1v) is 5.37. The largest absolute Gasteiger partial charge is 0.460 e. The first-order chi connectivity index (χ1) is 7.36. The summed E-state index contributed by atoms with van der Waals surface area (Å²) >= 11 is 0. The molecule has 1 unspecified atom stereocenters. The summed E-state index contributed by atoms with van der Waals surface area (Å²) in [5.74, 6) is 0.00490. The summed E-state index contributed by atoms with van der Waals surface area (Å²) in [6.45, 7) is 10.3. The zero-order valence-electron chi connectivity index (χ0n) is 10.4. The molecular formula is C11H18N2O3. The van der Waals surface area contributed by atoms with Crippen molar-refractivity contribution in [1.29, 1.82) is 0 Å². The van der Waals surface area contributed by atoms with Crippen molar-refractivity contribution < 1.29 is 14.1 Å². The van der Waals surface area contributed by atoms with Crippen molar-refractivity contribution in [3.05, 3.63) is 11.7 Å². The molecule has 0 aromatic carbocycles. The Morgan fingerprint density at radius 3 is 2.62 bits per heavy atom. The van der Waals surface area contributed by atoms with Crippen LogP contribution in [0.5, 0.6) is 0 Å². The third-order valence-corrected chi connectivity index (χ3v) is 2.57. The van der Waals surface area contributed by atoms with Crippen LogP contribution >= 0.6 is 0 Å². The molecule has 1 aromatic heterocycles. The monoisotopic (exact) mass is 226 g/mol. The number of aromatic nitrogens is 2. The van der Waals surface area contributed by atoms with Gasteiger partial charge in [0, 0.05) is 5.92 Å². The summed E-state index contributed by atoms with van der Waals surface area (Å²) in [6, 6.07) is 0. The molecule has 0 aliphatic heterocycles. The van der Waals surface area contributed by atoms with Crippen LogP contribution < -0.4 is 0 Å². The molecule has 1 aromatic rings. The third kappa shape index (κ3) is 2.81. The van der Waals surface area contributed by atoms with Crippen LogP contribution in [-0.4, -0.2) is 22.7 Å². The zero-order chi connectivity index (χ0) is 12.3. The number of carbonyl (C=O) groups excluding carboxylic acids is 1. The second-order valence-electron chi connectivity index (χ2n) is 4.76. The smallest absolute Gasteiger partial charge is 0.379 e. The Bertz CT molecular complexity index is 366. The minimum absolute atomic E-state index is 0.00653. The zero-order valence-corrected chi connectivity index (χ0v) is 10.4. The molecule has 1 heterocycles. The summed E-state index contributed by atoms with van der Waals surface area (Å²) in [5.41, 5.74) is 0.0124. The molecule has 5 heteroatoms. The van der Waals surface area contributed by atoms with E-state index >= 15 is 0 Å². The van der Waals surface area contributed by atoms with Gasteiger partial charge in [0.25, 0.3) is 5.82 Å². The number of nitrogens with zero attached hydrogens (tertiary/aromatic N) is 2. The fraction of sp³-hybridized carbons (Fsp3) is 0.727. The van der Waals surface area contributed by atoms with Crippen molar-refractivity contribution in [3.8, 4) is 0 Å². The van der Waals surface area contributed by atoms with Gasteiger partial charge in [0.15, 0.2) is 0 Å². The number of carbonyl (C=O) groups is 1. The molecule has 0 saturated carbocycles. The highest BCUT2D eigenvalue weighted by atomic mass is 16.5. The van der Waals surface area contributed by atoms with Gasteiger partial charge in [0.2, 0.25) is 5.89 Å². The Morgan fingerprint density at radius 2 is 2.12 bits per heavy atom. The van der Waals surface area contributed by atoms with E-state index in [-0.39, 0.29) is 17.2 Å². The molecule has 5 nitrogen and oxygen atoms in total. The van der Waals surface area contributed by atoms with Crippen molar-refractivity contribution in [2.45, 2.75) is 40.5 Å². The van der Waals surface area contributed by atoms with Crippen LogP contribution in [0.4, 0.5) is 0 Å². The van der Waals surface area contributed by atoms with Gasteiger partial charge in [-0.1, -0.05) is 27.7 Å². The van der Waals surface area contributed by atoms with E-state index in [1.165, 1.54) is 0 Å². The molecule has 0 N–H and O–H groups in total. The summed E-state index contributed by atoms with van der Waals surface area (Å²) in [6.07, 6.45) is 0. The van der Waals surface area contributed by atoms with E-state index < -0.39 is 5.97 Å². The number of rotatable bonds is 3. The average molecular weight is 226 g/mol. The predicted octanol–water partition coefficient (Wildman–Crippen LogP) is 2.40. The second-order valence-corrected chi connectivity index (χ2v) is 4.76. The van der Waals surface area contributed by atoms with Gasteiger partial charge in [0.05, 0.1) is 6.61 Å². The van der Waals surface area contributed by atoms with Crippen molar-refractivity contribution in [3.63, 3.8) is 0 Å². The molecule has 0 amide bonds. The lowest BCUT2D eigenvalue weighted by Crippen LogP contribution is -2.16. The number of hydrogen-bond acceptors (Lipinski definition) is 5. The van der Waals surface area contributed by atoms with E-state index in [2.05, 4.69) is 30.9 Å². The van der Waals surface area contributed by atoms with Gasteiger partial charge in [-0.25, -0.2) is 4.79 Å². The highest BCUT2D eigenvalue weighted by Crippen LogP contribution is 2.33. The van der Waals surface area contributed by atoms with Gasteiger partial charge in [-0.15, -0.1) is 0 Å². The summed E-state index contributed by atoms with van der Waals surface area (Å²) in [4.78, 5) is 15.4.